The number of thiazole rings is 1. The summed E-state index contributed by atoms with van der Waals surface area (Å²) >= 11 is 1.34. The molecule has 1 aromatic heterocycles. The fourth-order valence-corrected chi connectivity index (χ4v) is 3.50. The first kappa shape index (κ1) is 15.1. The predicted octanol–water partition coefficient (Wildman–Crippen LogP) is 2.35. The summed E-state index contributed by atoms with van der Waals surface area (Å²) in [5, 5.41) is 3.90. The van der Waals surface area contributed by atoms with Gasteiger partial charge in [0.25, 0.3) is 5.91 Å². The van der Waals surface area contributed by atoms with Crippen LogP contribution in [0.2, 0.25) is 0 Å². The second kappa shape index (κ2) is 5.99. The zero-order chi connectivity index (χ0) is 14.9. The molecule has 0 aliphatic heterocycles. The Morgan fingerprint density at radius 1 is 1.40 bits per heavy atom. The number of carbonyl (C=O) groups excluding carboxylic acids is 1. The molecule has 0 radical (unpaired) electrons. The van der Waals surface area contributed by atoms with Gasteiger partial charge < -0.3 is 16.0 Å². The summed E-state index contributed by atoms with van der Waals surface area (Å²) in [5.41, 5.74) is 5.86. The molecule has 1 aliphatic rings. The molecule has 1 aliphatic carbocycles. The summed E-state index contributed by atoms with van der Waals surface area (Å²) in [6.07, 6.45) is 3.48. The zero-order valence-electron chi connectivity index (χ0n) is 12.6. The third kappa shape index (κ3) is 3.06. The number of nitrogen functional groups attached to an aromatic ring is 1. The van der Waals surface area contributed by atoms with E-state index in [1.807, 2.05) is 19.0 Å². The normalized spacial score (nSPS) is 26.3. The number of nitrogens with one attached hydrogen (secondary N) is 1. The minimum atomic E-state index is -0.0842. The number of nitrogens with zero attached hydrogens (tertiary/aromatic N) is 2. The molecule has 1 aromatic rings. The predicted molar refractivity (Wildman–Crippen MR) is 84.3 cm³/mol. The molecule has 20 heavy (non-hydrogen) atoms. The second-order valence-corrected chi connectivity index (χ2v) is 6.93. The lowest BCUT2D eigenvalue weighted by atomic mass is 9.78. The van der Waals surface area contributed by atoms with Crippen LogP contribution in [0.5, 0.6) is 0 Å². The highest BCUT2D eigenvalue weighted by Gasteiger charge is 2.29. The van der Waals surface area contributed by atoms with Crippen LogP contribution in [0.15, 0.2) is 0 Å². The lowest BCUT2D eigenvalue weighted by molar-refractivity contribution is 0.0896. The molecule has 3 atom stereocenters. The van der Waals surface area contributed by atoms with E-state index in [-0.39, 0.29) is 11.9 Å². The van der Waals surface area contributed by atoms with Crippen LogP contribution < -0.4 is 16.0 Å². The molecule has 0 spiro atoms. The van der Waals surface area contributed by atoms with Crippen molar-refractivity contribution < 1.29 is 4.79 Å². The average Bonchev–Trinajstić information content (AvgIpc) is 2.77. The van der Waals surface area contributed by atoms with Gasteiger partial charge in [0, 0.05) is 20.1 Å². The maximum atomic E-state index is 12.4. The Balaban J connectivity index is 2.08. The molecule has 0 saturated heterocycles. The van der Waals surface area contributed by atoms with Crippen LogP contribution >= 0.6 is 11.3 Å². The van der Waals surface area contributed by atoms with Crippen LogP contribution in [0.25, 0.3) is 0 Å². The topological polar surface area (TPSA) is 71.2 Å². The van der Waals surface area contributed by atoms with Gasteiger partial charge in [0.15, 0.2) is 5.13 Å². The molecular weight excluding hydrogens is 272 g/mol. The Bertz CT molecular complexity index is 486. The summed E-state index contributed by atoms with van der Waals surface area (Å²) in [7, 11) is 3.79. The molecule has 1 amide bonds. The van der Waals surface area contributed by atoms with Crippen LogP contribution in [-0.4, -0.2) is 31.0 Å². The molecule has 6 heteroatoms. The van der Waals surface area contributed by atoms with Crippen molar-refractivity contribution in [1.82, 2.24) is 10.3 Å². The quantitative estimate of drug-likeness (QED) is 0.898. The number of amides is 1. The van der Waals surface area contributed by atoms with Gasteiger partial charge in [-0.25, -0.2) is 4.98 Å². The van der Waals surface area contributed by atoms with E-state index in [1.165, 1.54) is 24.2 Å². The minimum Gasteiger partial charge on any atom is -0.382 e. The van der Waals surface area contributed by atoms with Gasteiger partial charge in [0.05, 0.1) is 0 Å². The minimum absolute atomic E-state index is 0.0842. The molecule has 1 heterocycles. The molecule has 1 saturated carbocycles. The first-order valence-corrected chi connectivity index (χ1v) is 7.96. The first-order chi connectivity index (χ1) is 9.40. The van der Waals surface area contributed by atoms with Gasteiger partial charge in [-0.3, -0.25) is 4.79 Å². The Morgan fingerprint density at radius 3 is 2.70 bits per heavy atom. The van der Waals surface area contributed by atoms with E-state index < -0.39 is 0 Å². The van der Waals surface area contributed by atoms with Gasteiger partial charge in [-0.15, -0.1) is 0 Å². The van der Waals surface area contributed by atoms with Crippen molar-refractivity contribution in [3.05, 3.63) is 4.88 Å². The fourth-order valence-electron chi connectivity index (χ4n) is 2.69. The van der Waals surface area contributed by atoms with Crippen LogP contribution in [0.3, 0.4) is 0 Å². The smallest absolute Gasteiger partial charge is 0.265 e. The molecule has 112 valence electrons. The van der Waals surface area contributed by atoms with Gasteiger partial charge in [-0.2, -0.15) is 0 Å². The molecular formula is C14H24N4OS. The maximum absolute atomic E-state index is 12.4. The third-order valence-corrected chi connectivity index (χ3v) is 5.49. The van der Waals surface area contributed by atoms with Gasteiger partial charge in [-0.05, 0) is 18.3 Å². The van der Waals surface area contributed by atoms with Gasteiger partial charge in [0.2, 0.25) is 0 Å². The highest BCUT2D eigenvalue weighted by atomic mass is 32.1. The van der Waals surface area contributed by atoms with Gasteiger partial charge in [0.1, 0.15) is 10.7 Å². The Kier molecular flexibility index (Phi) is 4.52. The lowest BCUT2D eigenvalue weighted by Gasteiger charge is -2.34. The molecule has 3 unspecified atom stereocenters. The number of anilines is 2. The Labute approximate surface area is 124 Å². The van der Waals surface area contributed by atoms with Crippen LogP contribution in [-0.2, 0) is 0 Å². The number of rotatable bonds is 3. The second-order valence-electron chi connectivity index (χ2n) is 5.95. The number of nitrogens with two attached hydrogens (primary N) is 1. The third-order valence-electron chi connectivity index (χ3n) is 4.25. The van der Waals surface area contributed by atoms with E-state index >= 15 is 0 Å². The number of aromatic nitrogens is 1. The summed E-state index contributed by atoms with van der Waals surface area (Å²) < 4.78 is 0. The fraction of sp³-hybridized carbons (Fsp3) is 0.714. The van der Waals surface area contributed by atoms with Crippen molar-refractivity contribution >= 4 is 28.2 Å². The summed E-state index contributed by atoms with van der Waals surface area (Å²) in [6, 6.07) is 0.246. The van der Waals surface area contributed by atoms with Gasteiger partial charge in [-0.1, -0.05) is 38.0 Å². The number of carbonyl (C=O) groups is 1. The standard InChI is InChI=1S/C14H24N4OS/c1-8-6-5-7-10(9(8)2)16-13(19)11-12(15)17-14(20-11)18(3)4/h8-10H,5-7,15H2,1-4H3,(H,16,19). The van der Waals surface area contributed by atoms with E-state index in [4.69, 9.17) is 5.73 Å². The molecule has 5 nitrogen and oxygen atoms in total. The van der Waals surface area contributed by atoms with E-state index in [2.05, 4.69) is 24.1 Å². The van der Waals surface area contributed by atoms with Crippen molar-refractivity contribution in [1.29, 1.82) is 0 Å². The highest BCUT2D eigenvalue weighted by molar-refractivity contribution is 7.18. The van der Waals surface area contributed by atoms with Crippen LogP contribution in [0.4, 0.5) is 10.9 Å². The first-order valence-electron chi connectivity index (χ1n) is 7.14. The molecule has 3 N–H and O–H groups in total. The van der Waals surface area contributed by atoms with E-state index in [0.29, 0.717) is 22.5 Å². The number of hydrogen-bond donors (Lipinski definition) is 2. The highest BCUT2D eigenvalue weighted by Crippen LogP contribution is 2.31. The molecule has 2 rings (SSSR count). The van der Waals surface area contributed by atoms with Crippen molar-refractivity contribution in [3.63, 3.8) is 0 Å². The summed E-state index contributed by atoms with van der Waals surface area (Å²) in [4.78, 5) is 19.0. The summed E-state index contributed by atoms with van der Waals surface area (Å²) in [6.45, 7) is 4.48. The van der Waals surface area contributed by atoms with E-state index in [0.717, 1.165) is 11.6 Å². The van der Waals surface area contributed by atoms with Crippen LogP contribution in [0.1, 0.15) is 42.8 Å². The SMILES string of the molecule is CC1CCCC(NC(=O)c2sc(N(C)C)nc2N)C1C. The summed E-state index contributed by atoms with van der Waals surface area (Å²) in [5.74, 6) is 1.41. The lowest BCUT2D eigenvalue weighted by Crippen LogP contribution is -2.43. The maximum Gasteiger partial charge on any atom is 0.265 e. The van der Waals surface area contributed by atoms with Crippen molar-refractivity contribution in [3.8, 4) is 0 Å². The van der Waals surface area contributed by atoms with E-state index in [9.17, 15) is 4.79 Å². The zero-order valence-corrected chi connectivity index (χ0v) is 13.5. The van der Waals surface area contributed by atoms with E-state index in [1.54, 1.807) is 0 Å². The Morgan fingerprint density at radius 2 is 2.10 bits per heavy atom. The molecule has 0 bridgehead atoms. The van der Waals surface area contributed by atoms with Crippen LogP contribution in [0, 0.1) is 11.8 Å². The van der Waals surface area contributed by atoms with Crippen molar-refractivity contribution in [2.24, 2.45) is 11.8 Å². The Hall–Kier alpha value is -1.30. The average molecular weight is 296 g/mol. The number of hydrogen-bond acceptors (Lipinski definition) is 5. The molecule has 0 aromatic carbocycles. The van der Waals surface area contributed by atoms with Crippen molar-refractivity contribution in [2.75, 3.05) is 24.7 Å². The largest absolute Gasteiger partial charge is 0.382 e. The van der Waals surface area contributed by atoms with Crippen molar-refractivity contribution in [2.45, 2.75) is 39.2 Å². The van der Waals surface area contributed by atoms with Gasteiger partial charge >= 0.3 is 0 Å². The monoisotopic (exact) mass is 296 g/mol. The molecule has 1 fully saturated rings.